The highest BCUT2D eigenvalue weighted by molar-refractivity contribution is 5.81. The zero-order valence-corrected chi connectivity index (χ0v) is 19.0. The van der Waals surface area contributed by atoms with Crippen LogP contribution in [0.3, 0.4) is 0 Å². The van der Waals surface area contributed by atoms with E-state index in [1.165, 1.54) is 0 Å². The topological polar surface area (TPSA) is 88.6 Å². The van der Waals surface area contributed by atoms with Crippen LogP contribution >= 0.6 is 0 Å². The van der Waals surface area contributed by atoms with Crippen LogP contribution in [0.25, 0.3) is 22.3 Å². The van der Waals surface area contributed by atoms with Crippen molar-refractivity contribution in [1.29, 1.82) is 0 Å². The molecular formula is C25H31N3O4. The van der Waals surface area contributed by atoms with Crippen LogP contribution in [0.2, 0.25) is 0 Å². The van der Waals surface area contributed by atoms with Gasteiger partial charge in [-0.1, -0.05) is 6.42 Å². The Hall–Kier alpha value is -3.06. The fourth-order valence-corrected chi connectivity index (χ4v) is 4.73. The van der Waals surface area contributed by atoms with Crippen LogP contribution in [-0.4, -0.2) is 37.4 Å². The lowest BCUT2D eigenvalue weighted by Crippen LogP contribution is -2.30. The van der Waals surface area contributed by atoms with E-state index in [9.17, 15) is 4.79 Å². The van der Waals surface area contributed by atoms with E-state index >= 15 is 0 Å². The summed E-state index contributed by atoms with van der Waals surface area (Å²) in [6.45, 7) is 1.31. The number of methoxy groups -OCH3 is 3. The lowest BCUT2D eigenvalue weighted by molar-refractivity contribution is 0.246. The molecule has 1 aliphatic carbocycles. The first-order valence-corrected chi connectivity index (χ1v) is 11.1. The van der Waals surface area contributed by atoms with Gasteiger partial charge in [-0.25, -0.2) is 4.98 Å². The Kier molecular flexibility index (Phi) is 6.65. The van der Waals surface area contributed by atoms with Crippen LogP contribution < -0.4 is 25.5 Å². The van der Waals surface area contributed by atoms with Crippen molar-refractivity contribution in [2.24, 2.45) is 17.6 Å². The van der Waals surface area contributed by atoms with Gasteiger partial charge in [0.05, 0.1) is 32.2 Å². The summed E-state index contributed by atoms with van der Waals surface area (Å²) in [5.41, 5.74) is 7.34. The first-order chi connectivity index (χ1) is 15.6. The minimum absolute atomic E-state index is 0.0615. The van der Waals surface area contributed by atoms with Crippen LogP contribution in [0.15, 0.2) is 41.2 Å². The molecule has 1 heterocycles. The molecule has 1 aliphatic rings. The van der Waals surface area contributed by atoms with Gasteiger partial charge in [-0.3, -0.25) is 9.36 Å². The van der Waals surface area contributed by atoms with Crippen LogP contribution in [0.5, 0.6) is 17.2 Å². The van der Waals surface area contributed by atoms with Crippen molar-refractivity contribution in [1.82, 2.24) is 9.55 Å². The molecule has 32 heavy (non-hydrogen) atoms. The van der Waals surface area contributed by atoms with Crippen LogP contribution in [0.4, 0.5) is 0 Å². The summed E-state index contributed by atoms with van der Waals surface area (Å²) < 4.78 is 18.0. The Morgan fingerprint density at radius 3 is 2.50 bits per heavy atom. The number of hydrogen-bond acceptors (Lipinski definition) is 6. The van der Waals surface area contributed by atoms with Crippen LogP contribution in [0, 0.1) is 11.8 Å². The zero-order chi connectivity index (χ0) is 22.7. The third-order valence-corrected chi connectivity index (χ3v) is 6.47. The highest BCUT2D eigenvalue weighted by Crippen LogP contribution is 2.34. The maximum absolute atomic E-state index is 13.7. The van der Waals surface area contributed by atoms with Crippen molar-refractivity contribution in [3.63, 3.8) is 0 Å². The number of nitrogens with two attached hydrogens (primary N) is 1. The predicted molar refractivity (Wildman–Crippen MR) is 126 cm³/mol. The number of benzene rings is 2. The van der Waals surface area contributed by atoms with Gasteiger partial charge in [-0.05, 0) is 74.0 Å². The van der Waals surface area contributed by atoms with E-state index in [4.69, 9.17) is 24.9 Å². The summed E-state index contributed by atoms with van der Waals surface area (Å²) >= 11 is 0. The lowest BCUT2D eigenvalue weighted by atomic mass is 9.81. The number of hydrogen-bond donors (Lipinski definition) is 1. The molecule has 2 N–H and O–H groups in total. The van der Waals surface area contributed by atoms with Crippen molar-refractivity contribution >= 4 is 10.9 Å². The van der Waals surface area contributed by atoms with E-state index in [2.05, 4.69) is 0 Å². The molecule has 2 unspecified atom stereocenters. The van der Waals surface area contributed by atoms with Gasteiger partial charge in [0.15, 0.2) is 11.5 Å². The van der Waals surface area contributed by atoms with Gasteiger partial charge in [0.25, 0.3) is 5.56 Å². The fourth-order valence-electron chi connectivity index (χ4n) is 4.73. The lowest BCUT2D eigenvalue weighted by Gasteiger charge is -2.29. The second kappa shape index (κ2) is 9.61. The van der Waals surface area contributed by atoms with E-state index in [0.29, 0.717) is 58.9 Å². The summed E-state index contributed by atoms with van der Waals surface area (Å²) in [6.07, 6.45) is 4.42. The van der Waals surface area contributed by atoms with Crippen molar-refractivity contribution in [3.8, 4) is 28.6 Å². The van der Waals surface area contributed by atoms with Gasteiger partial charge < -0.3 is 19.9 Å². The van der Waals surface area contributed by atoms with Gasteiger partial charge in [0.1, 0.15) is 11.6 Å². The first-order valence-electron chi connectivity index (χ1n) is 11.1. The van der Waals surface area contributed by atoms with E-state index in [1.54, 1.807) is 27.4 Å². The van der Waals surface area contributed by atoms with Gasteiger partial charge >= 0.3 is 0 Å². The van der Waals surface area contributed by atoms with Crippen molar-refractivity contribution in [3.05, 3.63) is 46.8 Å². The zero-order valence-electron chi connectivity index (χ0n) is 19.0. The molecule has 7 heteroatoms. The molecular weight excluding hydrogens is 406 g/mol. The SMILES string of the molecule is COc1ccc2nc(-c3ccc(OC)c(OC)c3)n(CC3CCCC(CN)C3)c(=O)c2c1. The minimum atomic E-state index is -0.0615. The Morgan fingerprint density at radius 2 is 1.78 bits per heavy atom. The number of ether oxygens (including phenoxy) is 3. The monoisotopic (exact) mass is 437 g/mol. The summed E-state index contributed by atoms with van der Waals surface area (Å²) in [6, 6.07) is 11.0. The first kappa shape index (κ1) is 22.1. The van der Waals surface area contributed by atoms with Crippen molar-refractivity contribution in [2.75, 3.05) is 27.9 Å². The average molecular weight is 438 g/mol. The quantitative estimate of drug-likeness (QED) is 0.604. The van der Waals surface area contributed by atoms with Crippen LogP contribution in [-0.2, 0) is 6.54 Å². The molecule has 1 aromatic heterocycles. The molecule has 0 spiro atoms. The third kappa shape index (κ3) is 4.30. The van der Waals surface area contributed by atoms with Gasteiger partial charge in [-0.15, -0.1) is 0 Å². The highest BCUT2D eigenvalue weighted by atomic mass is 16.5. The van der Waals surface area contributed by atoms with E-state index in [0.717, 1.165) is 31.2 Å². The number of aromatic nitrogens is 2. The minimum Gasteiger partial charge on any atom is -0.497 e. The Morgan fingerprint density at radius 1 is 1.00 bits per heavy atom. The van der Waals surface area contributed by atoms with E-state index in [-0.39, 0.29) is 5.56 Å². The maximum Gasteiger partial charge on any atom is 0.261 e. The molecule has 0 amide bonds. The standard InChI is InChI=1S/C25H31N3O4/c1-30-19-8-9-21-20(13-19)25(29)28(15-17-6-4-5-16(11-17)14-26)24(27-21)18-7-10-22(31-2)23(12-18)32-3/h7-10,12-13,16-17H,4-6,11,14-15,26H2,1-3H3. The second-order valence-electron chi connectivity index (χ2n) is 8.44. The second-order valence-corrected chi connectivity index (χ2v) is 8.44. The van der Waals surface area contributed by atoms with Crippen molar-refractivity contribution < 1.29 is 14.2 Å². The highest BCUT2D eigenvalue weighted by Gasteiger charge is 2.24. The Balaban J connectivity index is 1.86. The third-order valence-electron chi connectivity index (χ3n) is 6.47. The van der Waals surface area contributed by atoms with E-state index < -0.39 is 0 Å². The summed E-state index contributed by atoms with van der Waals surface area (Å²) in [4.78, 5) is 18.6. The molecule has 3 aromatic rings. The fraction of sp³-hybridized carbons (Fsp3) is 0.440. The smallest absolute Gasteiger partial charge is 0.261 e. The molecule has 2 aromatic carbocycles. The molecule has 0 saturated heterocycles. The number of rotatable bonds is 7. The molecule has 0 aliphatic heterocycles. The van der Waals surface area contributed by atoms with E-state index in [1.807, 2.05) is 34.9 Å². The predicted octanol–water partition coefficient (Wildman–Crippen LogP) is 3.85. The summed E-state index contributed by atoms with van der Waals surface area (Å²) in [5, 5.41) is 0.555. The van der Waals surface area contributed by atoms with Crippen molar-refractivity contribution in [2.45, 2.75) is 32.2 Å². The molecule has 0 bridgehead atoms. The molecule has 7 nitrogen and oxygen atoms in total. The Labute approximate surface area is 188 Å². The molecule has 0 radical (unpaired) electrons. The number of nitrogens with zero attached hydrogens (tertiary/aromatic N) is 2. The van der Waals surface area contributed by atoms with Crippen LogP contribution in [0.1, 0.15) is 25.7 Å². The molecule has 1 fully saturated rings. The normalized spacial score (nSPS) is 18.5. The summed E-state index contributed by atoms with van der Waals surface area (Å²) in [7, 11) is 4.80. The molecule has 1 saturated carbocycles. The summed E-state index contributed by atoms with van der Waals surface area (Å²) in [5.74, 6) is 3.41. The maximum atomic E-state index is 13.7. The molecule has 170 valence electrons. The largest absolute Gasteiger partial charge is 0.497 e. The van der Waals surface area contributed by atoms with Gasteiger partial charge in [-0.2, -0.15) is 0 Å². The van der Waals surface area contributed by atoms with Gasteiger partial charge in [0.2, 0.25) is 0 Å². The average Bonchev–Trinajstić information content (AvgIpc) is 2.85. The van der Waals surface area contributed by atoms with Gasteiger partial charge in [0, 0.05) is 12.1 Å². The Bertz CT molecular complexity index is 1160. The molecule has 2 atom stereocenters. The number of fused-ring (bicyclic) bond motifs is 1. The molecule has 4 rings (SSSR count).